The quantitative estimate of drug-likeness (QED) is 0.279. The van der Waals surface area contributed by atoms with Crippen molar-refractivity contribution in [2.75, 3.05) is 6.54 Å². The van der Waals surface area contributed by atoms with Crippen LogP contribution in [0.15, 0.2) is 79.0 Å². The van der Waals surface area contributed by atoms with E-state index in [4.69, 9.17) is 9.72 Å². The van der Waals surface area contributed by atoms with Gasteiger partial charge in [0.15, 0.2) is 0 Å². The van der Waals surface area contributed by atoms with Crippen LogP contribution in [0, 0.1) is 0 Å². The van der Waals surface area contributed by atoms with Gasteiger partial charge in [0, 0.05) is 30.4 Å². The number of nitrogens with one attached hydrogen (secondary N) is 1. The molecule has 0 aliphatic carbocycles. The van der Waals surface area contributed by atoms with E-state index in [0.717, 1.165) is 61.6 Å². The summed E-state index contributed by atoms with van der Waals surface area (Å²) in [5.74, 6) is 2.00. The van der Waals surface area contributed by atoms with E-state index in [0.29, 0.717) is 6.61 Å². The van der Waals surface area contributed by atoms with Gasteiger partial charge in [-0.3, -0.25) is 0 Å². The summed E-state index contributed by atoms with van der Waals surface area (Å²) in [5, 5.41) is 3.49. The molecule has 4 aromatic rings. The number of aromatic nitrogens is 2. The van der Waals surface area contributed by atoms with E-state index in [1.807, 2.05) is 30.3 Å². The first-order valence-corrected chi connectivity index (χ1v) is 12.0. The zero-order valence-corrected chi connectivity index (χ0v) is 21.7. The maximum absolute atomic E-state index is 5.96. The molecule has 0 fully saturated rings. The Kier molecular flexibility index (Phi) is 9.79. The van der Waals surface area contributed by atoms with Crippen molar-refractivity contribution in [3.05, 3.63) is 102 Å². The molecule has 1 aromatic heterocycles. The minimum Gasteiger partial charge on any atom is -0.489 e. The molecule has 0 unspecified atom stereocenters. The predicted octanol–water partition coefficient (Wildman–Crippen LogP) is 6.95. The van der Waals surface area contributed by atoms with E-state index in [1.165, 1.54) is 22.4 Å². The van der Waals surface area contributed by atoms with E-state index in [-0.39, 0.29) is 24.8 Å². The lowest BCUT2D eigenvalue weighted by Crippen LogP contribution is -2.23. The molecule has 0 bridgehead atoms. The average Bonchev–Trinajstić information content (AvgIpc) is 3.31. The normalized spacial score (nSPS) is 12.3. The van der Waals surface area contributed by atoms with E-state index in [2.05, 4.69) is 65.5 Å². The van der Waals surface area contributed by atoms with Gasteiger partial charge in [-0.15, -0.1) is 24.8 Å². The first-order chi connectivity index (χ1) is 16.3. The van der Waals surface area contributed by atoms with Crippen molar-refractivity contribution in [1.82, 2.24) is 14.9 Å². The molecule has 184 valence electrons. The Morgan fingerprint density at radius 2 is 1.74 bits per heavy atom. The Balaban J connectivity index is 0.00000171. The van der Waals surface area contributed by atoms with Crippen LogP contribution in [0.2, 0.25) is 0 Å². The van der Waals surface area contributed by atoms with E-state index < -0.39 is 0 Å². The smallest absolute Gasteiger partial charge is 0.119 e. The monoisotopic (exact) mass is 509 g/mol. The van der Waals surface area contributed by atoms with Gasteiger partial charge in [0.1, 0.15) is 18.2 Å². The summed E-state index contributed by atoms with van der Waals surface area (Å²) in [6.07, 6.45) is 6.55. The Hall–Kier alpha value is -2.79. The van der Waals surface area contributed by atoms with Crippen LogP contribution >= 0.6 is 24.8 Å². The molecule has 5 rings (SSSR count). The highest BCUT2D eigenvalue weighted by atomic mass is 35.5. The highest BCUT2D eigenvalue weighted by Gasteiger charge is 2.14. The second-order valence-corrected chi connectivity index (χ2v) is 8.69. The molecule has 0 atom stereocenters. The second-order valence-electron chi connectivity index (χ2n) is 8.69. The number of halogens is 2. The summed E-state index contributed by atoms with van der Waals surface area (Å²) < 4.78 is 8.23. The summed E-state index contributed by atoms with van der Waals surface area (Å²) in [6.45, 7) is 4.81. The number of imidazole rings is 1. The highest BCUT2D eigenvalue weighted by Crippen LogP contribution is 2.26. The predicted molar refractivity (Wildman–Crippen MR) is 148 cm³/mol. The molecule has 1 aliphatic heterocycles. The lowest BCUT2D eigenvalue weighted by Gasteiger charge is -2.18. The second kappa shape index (κ2) is 12.8. The van der Waals surface area contributed by atoms with E-state index in [9.17, 15) is 0 Å². The van der Waals surface area contributed by atoms with Crippen molar-refractivity contribution in [3.8, 4) is 22.7 Å². The molecule has 1 aliphatic rings. The van der Waals surface area contributed by atoms with Crippen LogP contribution in [0.25, 0.3) is 16.9 Å². The van der Waals surface area contributed by atoms with Gasteiger partial charge in [0.2, 0.25) is 0 Å². The molecule has 2 heterocycles. The molecule has 35 heavy (non-hydrogen) atoms. The molecule has 0 radical (unpaired) electrons. The van der Waals surface area contributed by atoms with Crippen molar-refractivity contribution in [3.63, 3.8) is 0 Å². The van der Waals surface area contributed by atoms with Gasteiger partial charge in [-0.05, 0) is 72.5 Å². The van der Waals surface area contributed by atoms with Crippen molar-refractivity contribution in [2.45, 2.75) is 45.8 Å². The van der Waals surface area contributed by atoms with Gasteiger partial charge < -0.3 is 14.6 Å². The summed E-state index contributed by atoms with van der Waals surface area (Å²) in [6, 6.07) is 25.4. The molecule has 1 N–H and O–H groups in total. The third-order valence-corrected chi connectivity index (χ3v) is 6.29. The lowest BCUT2D eigenvalue weighted by molar-refractivity contribution is 0.306. The van der Waals surface area contributed by atoms with Crippen LogP contribution in [0.1, 0.15) is 42.3 Å². The fraction of sp³-hybridized carbons (Fsp3) is 0.276. The number of nitrogens with zero attached hydrogens (tertiary/aromatic N) is 2. The topological polar surface area (TPSA) is 39.1 Å². The summed E-state index contributed by atoms with van der Waals surface area (Å²) >= 11 is 0. The standard InChI is InChI=1S/C29H31N3O.2ClH/c1-2-3-9-29-31-28(20-32(29)26-13-10-23-16-17-30-19-25(23)18-26)24-11-14-27(15-12-24)33-21-22-7-5-4-6-8-22;;/h4-8,10-15,18,20,30H,2-3,9,16-17,19,21H2,1H3;2*1H. The fourth-order valence-electron chi connectivity index (χ4n) is 4.37. The zero-order chi connectivity index (χ0) is 22.5. The molecule has 0 spiro atoms. The van der Waals surface area contributed by atoms with Gasteiger partial charge in [-0.1, -0.05) is 49.7 Å². The summed E-state index contributed by atoms with van der Waals surface area (Å²) in [7, 11) is 0. The molecule has 0 saturated heterocycles. The SMILES string of the molecule is CCCCc1nc(-c2ccc(OCc3ccccc3)cc2)cn1-c1ccc2c(c1)CNCC2.Cl.Cl. The van der Waals surface area contributed by atoms with E-state index >= 15 is 0 Å². The lowest BCUT2D eigenvalue weighted by atomic mass is 10.0. The third kappa shape index (κ3) is 6.46. The molecule has 6 heteroatoms. The Labute approximate surface area is 220 Å². The summed E-state index contributed by atoms with van der Waals surface area (Å²) in [5.41, 5.74) is 7.34. The van der Waals surface area contributed by atoms with Crippen LogP contribution < -0.4 is 10.1 Å². The minimum atomic E-state index is 0. The fourth-order valence-corrected chi connectivity index (χ4v) is 4.37. The number of rotatable bonds is 8. The van der Waals surface area contributed by atoms with Crippen LogP contribution in [-0.2, 0) is 26.0 Å². The van der Waals surface area contributed by atoms with Gasteiger partial charge in [-0.25, -0.2) is 4.98 Å². The first-order valence-electron chi connectivity index (χ1n) is 12.0. The molecule has 0 amide bonds. The summed E-state index contributed by atoms with van der Waals surface area (Å²) in [4.78, 5) is 5.04. The number of fused-ring (bicyclic) bond motifs is 1. The molecule has 3 aromatic carbocycles. The molecular weight excluding hydrogens is 477 g/mol. The maximum Gasteiger partial charge on any atom is 0.119 e. The van der Waals surface area contributed by atoms with Gasteiger partial charge in [-0.2, -0.15) is 0 Å². The molecule has 0 saturated carbocycles. The number of benzene rings is 3. The number of hydrogen-bond donors (Lipinski definition) is 1. The van der Waals surface area contributed by atoms with E-state index in [1.54, 1.807) is 0 Å². The van der Waals surface area contributed by atoms with Crippen molar-refractivity contribution < 1.29 is 4.74 Å². The third-order valence-electron chi connectivity index (χ3n) is 6.29. The zero-order valence-electron chi connectivity index (χ0n) is 20.1. The van der Waals surface area contributed by atoms with Gasteiger partial charge >= 0.3 is 0 Å². The van der Waals surface area contributed by atoms with Crippen LogP contribution in [-0.4, -0.2) is 16.1 Å². The van der Waals surface area contributed by atoms with Crippen LogP contribution in [0.4, 0.5) is 0 Å². The maximum atomic E-state index is 5.96. The van der Waals surface area contributed by atoms with Crippen LogP contribution in [0.3, 0.4) is 0 Å². The molecular formula is C29H33Cl2N3O. The number of hydrogen-bond acceptors (Lipinski definition) is 3. The van der Waals surface area contributed by atoms with Crippen molar-refractivity contribution >= 4 is 24.8 Å². The van der Waals surface area contributed by atoms with Crippen molar-refractivity contribution in [2.24, 2.45) is 0 Å². The highest BCUT2D eigenvalue weighted by molar-refractivity contribution is 5.85. The van der Waals surface area contributed by atoms with Crippen molar-refractivity contribution in [1.29, 1.82) is 0 Å². The number of ether oxygens (including phenoxy) is 1. The van der Waals surface area contributed by atoms with Crippen LogP contribution in [0.5, 0.6) is 5.75 Å². The Morgan fingerprint density at radius 3 is 2.51 bits per heavy atom. The van der Waals surface area contributed by atoms with Gasteiger partial charge in [0.25, 0.3) is 0 Å². The average molecular weight is 511 g/mol. The first kappa shape index (κ1) is 26.8. The number of unbranched alkanes of at least 4 members (excludes halogenated alkanes) is 1. The molecule has 4 nitrogen and oxygen atoms in total. The largest absolute Gasteiger partial charge is 0.489 e. The Morgan fingerprint density at radius 1 is 0.943 bits per heavy atom. The Bertz CT molecular complexity index is 1210. The number of aryl methyl sites for hydroxylation is 1. The van der Waals surface area contributed by atoms with Gasteiger partial charge in [0.05, 0.1) is 5.69 Å². The minimum absolute atomic E-state index is 0.